The fraction of sp³-hybridized carbons (Fsp3) is 0.182. The van der Waals surface area contributed by atoms with Crippen LogP contribution in [0.15, 0.2) is 72.8 Å². The fourth-order valence-corrected chi connectivity index (χ4v) is 3.33. The highest BCUT2D eigenvalue weighted by Gasteiger charge is 2.21. The molecule has 0 fully saturated rings. The number of benzene rings is 3. The van der Waals surface area contributed by atoms with Gasteiger partial charge in [0.2, 0.25) is 0 Å². The number of rotatable bonds is 5. The number of fused-ring (bicyclic) bond motifs is 1. The summed E-state index contributed by atoms with van der Waals surface area (Å²) in [6.45, 7) is 2.16. The summed E-state index contributed by atoms with van der Waals surface area (Å²) in [6, 6.07) is 25.1. The third-order valence-electron chi connectivity index (χ3n) is 4.65. The third-order valence-corrected chi connectivity index (χ3v) is 4.65. The molecule has 126 valence electrons. The first-order valence-corrected chi connectivity index (χ1v) is 8.70. The predicted octanol–water partition coefficient (Wildman–Crippen LogP) is 4.42. The Morgan fingerprint density at radius 2 is 1.72 bits per heavy atom. The van der Waals surface area contributed by atoms with Crippen molar-refractivity contribution in [3.05, 3.63) is 89.5 Å². The summed E-state index contributed by atoms with van der Waals surface area (Å²) in [5.74, 6) is 0.931. The second kappa shape index (κ2) is 6.99. The summed E-state index contributed by atoms with van der Waals surface area (Å²) < 4.78 is 5.96. The van der Waals surface area contributed by atoms with Gasteiger partial charge in [-0.25, -0.2) is 0 Å². The number of ether oxygens (including phenoxy) is 1. The molecule has 3 nitrogen and oxygen atoms in total. The SMILES string of the molecule is NCc1cccc(N2CCc3cc(OCc4ccccc4)ccc32)c1. The maximum absolute atomic E-state index is 5.96. The monoisotopic (exact) mass is 330 g/mol. The molecule has 0 aliphatic carbocycles. The molecular formula is C22H22N2O. The van der Waals surface area contributed by atoms with Crippen molar-refractivity contribution in [1.29, 1.82) is 0 Å². The molecule has 0 amide bonds. The van der Waals surface area contributed by atoms with E-state index in [0.29, 0.717) is 13.2 Å². The first-order chi connectivity index (χ1) is 12.3. The molecule has 2 N–H and O–H groups in total. The Morgan fingerprint density at radius 3 is 2.56 bits per heavy atom. The average molecular weight is 330 g/mol. The van der Waals surface area contributed by atoms with E-state index in [1.54, 1.807) is 0 Å². The zero-order valence-electron chi connectivity index (χ0n) is 14.2. The Bertz CT molecular complexity index is 861. The van der Waals surface area contributed by atoms with Crippen molar-refractivity contribution in [2.24, 2.45) is 5.73 Å². The van der Waals surface area contributed by atoms with Crippen LogP contribution < -0.4 is 15.4 Å². The summed E-state index contributed by atoms with van der Waals surface area (Å²) in [5.41, 5.74) is 11.9. The molecule has 25 heavy (non-hydrogen) atoms. The van der Waals surface area contributed by atoms with Crippen LogP contribution in [0.1, 0.15) is 16.7 Å². The van der Waals surface area contributed by atoms with E-state index in [0.717, 1.165) is 24.3 Å². The van der Waals surface area contributed by atoms with Crippen molar-refractivity contribution in [3.63, 3.8) is 0 Å². The van der Waals surface area contributed by atoms with E-state index >= 15 is 0 Å². The Kier molecular flexibility index (Phi) is 4.40. The van der Waals surface area contributed by atoms with Crippen molar-refractivity contribution in [2.75, 3.05) is 11.4 Å². The second-order valence-corrected chi connectivity index (χ2v) is 6.34. The highest BCUT2D eigenvalue weighted by molar-refractivity contribution is 5.71. The third kappa shape index (κ3) is 3.37. The van der Waals surface area contributed by atoms with Crippen molar-refractivity contribution < 1.29 is 4.74 Å². The lowest BCUT2D eigenvalue weighted by Gasteiger charge is -2.20. The quantitative estimate of drug-likeness (QED) is 0.752. The largest absolute Gasteiger partial charge is 0.489 e. The van der Waals surface area contributed by atoms with Crippen LogP contribution in [0, 0.1) is 0 Å². The van der Waals surface area contributed by atoms with E-state index in [9.17, 15) is 0 Å². The molecule has 1 aliphatic rings. The van der Waals surface area contributed by atoms with Crippen LogP contribution >= 0.6 is 0 Å². The highest BCUT2D eigenvalue weighted by atomic mass is 16.5. The molecule has 3 heteroatoms. The maximum Gasteiger partial charge on any atom is 0.120 e. The minimum Gasteiger partial charge on any atom is -0.489 e. The van der Waals surface area contributed by atoms with Crippen molar-refractivity contribution in [1.82, 2.24) is 0 Å². The predicted molar refractivity (Wildman–Crippen MR) is 102 cm³/mol. The standard InChI is InChI=1S/C22H22N2O/c23-15-18-7-4-8-20(13-18)24-12-11-19-14-21(9-10-22(19)24)25-16-17-5-2-1-3-6-17/h1-10,13-14H,11-12,15-16,23H2. The van der Waals surface area contributed by atoms with Crippen LogP contribution in [0.5, 0.6) is 5.75 Å². The van der Waals surface area contributed by atoms with Gasteiger partial charge in [0, 0.05) is 24.5 Å². The van der Waals surface area contributed by atoms with Crippen molar-refractivity contribution in [3.8, 4) is 5.75 Å². The molecule has 3 aromatic carbocycles. The zero-order chi connectivity index (χ0) is 17.1. The van der Waals surface area contributed by atoms with Gasteiger partial charge in [-0.1, -0.05) is 42.5 Å². The van der Waals surface area contributed by atoms with Gasteiger partial charge in [-0.15, -0.1) is 0 Å². The Labute approximate surface area is 148 Å². The van der Waals surface area contributed by atoms with Crippen LogP contribution in [0.25, 0.3) is 0 Å². The number of hydrogen-bond donors (Lipinski definition) is 1. The normalized spacial score (nSPS) is 12.9. The zero-order valence-corrected chi connectivity index (χ0v) is 14.2. The molecule has 4 rings (SSSR count). The smallest absolute Gasteiger partial charge is 0.120 e. The number of nitrogens with two attached hydrogens (primary N) is 1. The Balaban J connectivity index is 1.52. The molecule has 1 aliphatic heterocycles. The number of nitrogens with zero attached hydrogens (tertiary/aromatic N) is 1. The van der Waals surface area contributed by atoms with Crippen LogP contribution in [0.2, 0.25) is 0 Å². The van der Waals surface area contributed by atoms with Gasteiger partial charge in [-0.3, -0.25) is 0 Å². The van der Waals surface area contributed by atoms with Crippen LogP contribution in [-0.4, -0.2) is 6.54 Å². The first-order valence-electron chi connectivity index (χ1n) is 8.70. The topological polar surface area (TPSA) is 38.5 Å². The summed E-state index contributed by atoms with van der Waals surface area (Å²) in [4.78, 5) is 2.36. The lowest BCUT2D eigenvalue weighted by molar-refractivity contribution is 0.306. The summed E-state index contributed by atoms with van der Waals surface area (Å²) in [7, 11) is 0. The van der Waals surface area contributed by atoms with Gasteiger partial charge in [0.25, 0.3) is 0 Å². The second-order valence-electron chi connectivity index (χ2n) is 6.34. The van der Waals surface area contributed by atoms with E-state index in [1.165, 1.54) is 22.5 Å². The summed E-state index contributed by atoms with van der Waals surface area (Å²) >= 11 is 0. The molecular weight excluding hydrogens is 308 g/mol. The lowest BCUT2D eigenvalue weighted by atomic mass is 10.1. The first kappa shape index (κ1) is 15.7. The molecule has 0 unspecified atom stereocenters. The van der Waals surface area contributed by atoms with Gasteiger partial charge < -0.3 is 15.4 Å². The van der Waals surface area contributed by atoms with E-state index in [4.69, 9.17) is 10.5 Å². The minimum absolute atomic E-state index is 0.570. The highest BCUT2D eigenvalue weighted by Crippen LogP contribution is 2.36. The lowest BCUT2D eigenvalue weighted by Crippen LogP contribution is -2.13. The Hall–Kier alpha value is -2.78. The van der Waals surface area contributed by atoms with E-state index < -0.39 is 0 Å². The van der Waals surface area contributed by atoms with E-state index in [2.05, 4.69) is 59.5 Å². The minimum atomic E-state index is 0.570. The van der Waals surface area contributed by atoms with Crippen molar-refractivity contribution >= 4 is 11.4 Å². The average Bonchev–Trinajstić information content (AvgIpc) is 3.10. The molecule has 0 saturated carbocycles. The Morgan fingerprint density at radius 1 is 0.880 bits per heavy atom. The molecule has 0 radical (unpaired) electrons. The van der Waals surface area contributed by atoms with Gasteiger partial charge in [0.1, 0.15) is 12.4 Å². The number of anilines is 2. The molecule has 0 saturated heterocycles. The van der Waals surface area contributed by atoms with Gasteiger partial charge in [-0.05, 0) is 53.4 Å². The molecule has 3 aromatic rings. The van der Waals surface area contributed by atoms with Gasteiger partial charge >= 0.3 is 0 Å². The summed E-state index contributed by atoms with van der Waals surface area (Å²) in [6.07, 6.45) is 1.03. The van der Waals surface area contributed by atoms with Gasteiger partial charge in [0.05, 0.1) is 0 Å². The van der Waals surface area contributed by atoms with Crippen LogP contribution in [-0.2, 0) is 19.6 Å². The molecule has 1 heterocycles. The van der Waals surface area contributed by atoms with Crippen molar-refractivity contribution in [2.45, 2.75) is 19.6 Å². The van der Waals surface area contributed by atoms with Gasteiger partial charge in [0.15, 0.2) is 0 Å². The van der Waals surface area contributed by atoms with Crippen LogP contribution in [0.4, 0.5) is 11.4 Å². The van der Waals surface area contributed by atoms with Crippen LogP contribution in [0.3, 0.4) is 0 Å². The number of hydrogen-bond acceptors (Lipinski definition) is 3. The van der Waals surface area contributed by atoms with Gasteiger partial charge in [-0.2, -0.15) is 0 Å². The van der Waals surface area contributed by atoms with E-state index in [-0.39, 0.29) is 0 Å². The molecule has 0 bridgehead atoms. The molecule has 0 spiro atoms. The fourth-order valence-electron chi connectivity index (χ4n) is 3.33. The molecule has 0 aromatic heterocycles. The maximum atomic E-state index is 5.96. The van der Waals surface area contributed by atoms with E-state index in [1.807, 2.05) is 18.2 Å². The summed E-state index contributed by atoms with van der Waals surface area (Å²) in [5, 5.41) is 0. The molecule has 0 atom stereocenters.